The molecular weight excluding hydrogens is 358 g/mol. The van der Waals surface area contributed by atoms with Crippen LogP contribution in [0.25, 0.3) is 10.9 Å². The van der Waals surface area contributed by atoms with Gasteiger partial charge < -0.3 is 5.32 Å². The zero-order valence-electron chi connectivity index (χ0n) is 15.3. The Balaban J connectivity index is 1.37. The number of nitro groups is 1. The van der Waals surface area contributed by atoms with Crippen molar-refractivity contribution in [1.29, 1.82) is 0 Å². The molecule has 28 heavy (non-hydrogen) atoms. The number of benzene rings is 2. The van der Waals surface area contributed by atoms with E-state index in [9.17, 15) is 14.9 Å². The molecule has 0 unspecified atom stereocenters. The van der Waals surface area contributed by atoms with Gasteiger partial charge in [-0.3, -0.25) is 24.5 Å². The summed E-state index contributed by atoms with van der Waals surface area (Å²) in [6.45, 7) is 2.12. The number of carbonyl (C=O) groups is 1. The lowest BCUT2D eigenvalue weighted by Gasteiger charge is -2.31. The maximum Gasteiger partial charge on any atom is 0.271 e. The fourth-order valence-corrected chi connectivity index (χ4v) is 3.58. The monoisotopic (exact) mass is 379 g/mol. The molecule has 0 saturated carbocycles. The van der Waals surface area contributed by atoms with Crippen LogP contribution in [0.4, 0.5) is 11.4 Å². The molecule has 2 aromatic carbocycles. The van der Waals surface area contributed by atoms with Gasteiger partial charge in [0.25, 0.3) is 5.69 Å². The molecule has 0 radical (unpaired) electrons. The van der Waals surface area contributed by atoms with E-state index in [2.05, 4.69) is 15.3 Å². The Morgan fingerprint density at radius 2 is 1.93 bits per heavy atom. The number of likely N-dealkylation sites (tertiary alicyclic amines) is 1. The quantitative estimate of drug-likeness (QED) is 0.542. The van der Waals surface area contributed by atoms with Crippen molar-refractivity contribution in [2.45, 2.75) is 19.5 Å². The Labute approximate surface area is 161 Å². The average molecular weight is 379 g/mol. The van der Waals surface area contributed by atoms with Crippen LogP contribution in [0.5, 0.6) is 0 Å². The molecule has 1 amide bonds. The molecule has 4 rings (SSSR count). The molecule has 0 aliphatic carbocycles. The first kappa shape index (κ1) is 18.1. The van der Waals surface area contributed by atoms with Gasteiger partial charge in [-0.1, -0.05) is 18.2 Å². The largest absolute Gasteiger partial charge is 0.326 e. The molecule has 1 saturated heterocycles. The number of nitrogens with zero attached hydrogens (tertiary/aromatic N) is 4. The van der Waals surface area contributed by atoms with Crippen molar-refractivity contribution in [2.75, 3.05) is 18.4 Å². The van der Waals surface area contributed by atoms with Gasteiger partial charge in [0.1, 0.15) is 0 Å². The Morgan fingerprint density at radius 1 is 1.18 bits per heavy atom. The fraction of sp³-hybridized carbons (Fsp3) is 0.300. The molecule has 1 aliphatic rings. The van der Waals surface area contributed by atoms with E-state index < -0.39 is 4.92 Å². The summed E-state index contributed by atoms with van der Waals surface area (Å²) < 4.78 is 1.78. The van der Waals surface area contributed by atoms with Crippen LogP contribution in [0, 0.1) is 16.0 Å². The third-order valence-electron chi connectivity index (χ3n) is 5.17. The van der Waals surface area contributed by atoms with Gasteiger partial charge in [0.15, 0.2) is 0 Å². The highest BCUT2D eigenvalue weighted by atomic mass is 16.6. The van der Waals surface area contributed by atoms with Crippen molar-refractivity contribution >= 4 is 28.2 Å². The number of carbonyl (C=O) groups excluding carboxylic acids is 1. The lowest BCUT2D eigenvalue weighted by Crippen LogP contribution is -2.39. The molecule has 2 heterocycles. The van der Waals surface area contributed by atoms with Crippen LogP contribution >= 0.6 is 0 Å². The number of fused-ring (bicyclic) bond motifs is 1. The van der Waals surface area contributed by atoms with E-state index in [0.717, 1.165) is 42.5 Å². The van der Waals surface area contributed by atoms with Gasteiger partial charge in [-0.2, -0.15) is 5.10 Å². The summed E-state index contributed by atoms with van der Waals surface area (Å²) in [6, 6.07) is 14.3. The van der Waals surface area contributed by atoms with Crippen LogP contribution in [-0.4, -0.2) is 38.6 Å². The molecule has 144 valence electrons. The summed E-state index contributed by atoms with van der Waals surface area (Å²) in [7, 11) is 0. The highest BCUT2D eigenvalue weighted by Gasteiger charge is 2.25. The van der Waals surface area contributed by atoms with Crippen LogP contribution in [0.2, 0.25) is 0 Å². The number of non-ortho nitro benzene ring substituents is 1. The molecule has 0 atom stereocenters. The molecule has 1 aromatic heterocycles. The Bertz CT molecular complexity index is 994. The highest BCUT2D eigenvalue weighted by molar-refractivity contribution is 5.92. The number of anilines is 1. The van der Waals surface area contributed by atoms with Crippen LogP contribution in [0.3, 0.4) is 0 Å². The number of rotatable bonds is 5. The molecule has 0 bridgehead atoms. The van der Waals surface area contributed by atoms with E-state index in [1.54, 1.807) is 23.0 Å². The van der Waals surface area contributed by atoms with Gasteiger partial charge in [0, 0.05) is 42.2 Å². The first-order valence-corrected chi connectivity index (χ1v) is 9.28. The van der Waals surface area contributed by atoms with E-state index >= 15 is 0 Å². The zero-order chi connectivity index (χ0) is 19.5. The maximum absolute atomic E-state index is 12.5. The van der Waals surface area contributed by atoms with E-state index in [-0.39, 0.29) is 17.5 Å². The van der Waals surface area contributed by atoms with Crippen LogP contribution in [0.15, 0.2) is 54.7 Å². The summed E-state index contributed by atoms with van der Waals surface area (Å²) in [5.74, 6) is 0.0536. The van der Waals surface area contributed by atoms with E-state index in [0.29, 0.717) is 6.67 Å². The second-order valence-corrected chi connectivity index (χ2v) is 7.03. The minimum absolute atomic E-state index is 0.00749. The summed E-state index contributed by atoms with van der Waals surface area (Å²) in [5, 5.41) is 19.3. The summed E-state index contributed by atoms with van der Waals surface area (Å²) >= 11 is 0. The fourth-order valence-electron chi connectivity index (χ4n) is 3.58. The van der Waals surface area contributed by atoms with Gasteiger partial charge >= 0.3 is 0 Å². The third-order valence-corrected chi connectivity index (χ3v) is 5.17. The molecule has 1 fully saturated rings. The van der Waals surface area contributed by atoms with Gasteiger partial charge in [0.05, 0.1) is 23.3 Å². The normalized spacial score (nSPS) is 15.6. The van der Waals surface area contributed by atoms with Gasteiger partial charge in [0.2, 0.25) is 5.91 Å². The molecule has 8 nitrogen and oxygen atoms in total. The summed E-state index contributed by atoms with van der Waals surface area (Å²) in [5.41, 5.74) is 1.63. The van der Waals surface area contributed by atoms with Crippen molar-refractivity contribution in [1.82, 2.24) is 14.7 Å². The van der Waals surface area contributed by atoms with E-state index in [1.165, 1.54) is 6.07 Å². The molecule has 3 aromatic rings. The summed E-state index contributed by atoms with van der Waals surface area (Å²) in [4.78, 5) is 25.3. The van der Waals surface area contributed by atoms with Gasteiger partial charge in [-0.25, -0.2) is 0 Å². The number of hydrogen-bond donors (Lipinski definition) is 1. The Kier molecular flexibility index (Phi) is 5.03. The standard InChI is InChI=1S/C20H21N5O3/c26-20(22-17-4-2-1-3-5-17)15-8-10-23(11-9-15)14-24-19-12-18(25(27)28)7-6-16(19)13-21-24/h1-7,12-13,15H,8-11,14H2,(H,22,26). The number of nitro benzene ring substituents is 1. The van der Waals surface area contributed by atoms with Gasteiger partial charge in [-0.15, -0.1) is 0 Å². The zero-order valence-corrected chi connectivity index (χ0v) is 15.3. The number of aromatic nitrogens is 2. The number of amides is 1. The van der Waals surface area contributed by atoms with Gasteiger partial charge in [-0.05, 0) is 31.0 Å². The van der Waals surface area contributed by atoms with Crippen molar-refractivity contribution in [2.24, 2.45) is 5.92 Å². The Morgan fingerprint density at radius 3 is 2.64 bits per heavy atom. The first-order valence-electron chi connectivity index (χ1n) is 9.28. The number of para-hydroxylation sites is 1. The molecule has 1 aliphatic heterocycles. The topological polar surface area (TPSA) is 93.3 Å². The lowest BCUT2D eigenvalue weighted by molar-refractivity contribution is -0.384. The maximum atomic E-state index is 12.5. The number of nitrogens with one attached hydrogen (secondary N) is 1. The van der Waals surface area contributed by atoms with Crippen molar-refractivity contribution in [3.05, 3.63) is 64.8 Å². The third kappa shape index (κ3) is 3.86. The highest BCUT2D eigenvalue weighted by Crippen LogP contribution is 2.23. The Hall–Kier alpha value is -3.26. The molecule has 8 heteroatoms. The number of piperidine rings is 1. The van der Waals surface area contributed by atoms with Crippen molar-refractivity contribution in [3.8, 4) is 0 Å². The average Bonchev–Trinajstić information content (AvgIpc) is 3.11. The van der Waals surface area contributed by atoms with E-state index in [4.69, 9.17) is 0 Å². The SMILES string of the molecule is O=C(Nc1ccccc1)C1CCN(Cn2ncc3ccc([N+](=O)[O-])cc32)CC1. The van der Waals surface area contributed by atoms with E-state index in [1.807, 2.05) is 30.3 Å². The van der Waals surface area contributed by atoms with Crippen molar-refractivity contribution < 1.29 is 9.72 Å². The molecular formula is C20H21N5O3. The number of hydrogen-bond acceptors (Lipinski definition) is 5. The lowest BCUT2D eigenvalue weighted by atomic mass is 9.96. The minimum atomic E-state index is -0.395. The molecule has 1 N–H and O–H groups in total. The predicted octanol–water partition coefficient (Wildman–Crippen LogP) is 3.25. The van der Waals surface area contributed by atoms with Crippen molar-refractivity contribution in [3.63, 3.8) is 0 Å². The first-order chi connectivity index (χ1) is 13.6. The summed E-state index contributed by atoms with van der Waals surface area (Å²) in [6.07, 6.45) is 3.27. The second-order valence-electron chi connectivity index (χ2n) is 7.03. The van der Waals surface area contributed by atoms with Crippen LogP contribution < -0.4 is 5.32 Å². The second kappa shape index (κ2) is 7.77. The predicted molar refractivity (Wildman–Crippen MR) is 106 cm³/mol. The van der Waals surface area contributed by atoms with Crippen LogP contribution in [-0.2, 0) is 11.5 Å². The smallest absolute Gasteiger partial charge is 0.271 e. The minimum Gasteiger partial charge on any atom is -0.326 e. The molecule has 0 spiro atoms. The van der Waals surface area contributed by atoms with Crippen LogP contribution in [0.1, 0.15) is 12.8 Å².